The van der Waals surface area contributed by atoms with E-state index in [0.717, 1.165) is 24.9 Å². The lowest BCUT2D eigenvalue weighted by molar-refractivity contribution is 0.154. The summed E-state index contributed by atoms with van der Waals surface area (Å²) in [4.78, 5) is 1.92. The molecule has 1 aromatic carbocycles. The van der Waals surface area contributed by atoms with Gasteiger partial charge in [-0.2, -0.15) is 0 Å². The Bertz CT molecular complexity index is 353. The third kappa shape index (κ3) is 2.29. The third-order valence-electron chi connectivity index (χ3n) is 2.84. The molecule has 0 bridgehead atoms. The number of rotatable bonds is 1. The summed E-state index contributed by atoms with van der Waals surface area (Å²) in [7, 11) is 0. The quantitative estimate of drug-likeness (QED) is 0.765. The second-order valence-electron chi connectivity index (χ2n) is 4.20. The average molecular weight is 209 g/mol. The number of nitrogens with zero attached hydrogens (tertiary/aromatic N) is 1. The fraction of sp³-hybridized carbons (Fsp3) is 0.500. The molecule has 0 aliphatic carbocycles. The Labute approximate surface area is 89.3 Å². The number of anilines is 1. The first-order valence-electron chi connectivity index (χ1n) is 5.36. The highest BCUT2D eigenvalue weighted by molar-refractivity contribution is 5.49. The molecule has 1 aliphatic rings. The van der Waals surface area contributed by atoms with Crippen molar-refractivity contribution >= 4 is 5.69 Å². The summed E-state index contributed by atoms with van der Waals surface area (Å²) in [6.45, 7) is 3.24. The number of aliphatic hydroxyl groups is 1. The van der Waals surface area contributed by atoms with Crippen molar-refractivity contribution in [3.05, 3.63) is 29.6 Å². The van der Waals surface area contributed by atoms with Crippen molar-refractivity contribution in [2.75, 3.05) is 18.0 Å². The summed E-state index contributed by atoms with van der Waals surface area (Å²) in [5, 5.41) is 9.52. The highest BCUT2D eigenvalue weighted by Crippen LogP contribution is 2.23. The summed E-state index contributed by atoms with van der Waals surface area (Å²) in [6.07, 6.45) is 1.43. The van der Waals surface area contributed by atoms with Crippen molar-refractivity contribution in [1.29, 1.82) is 0 Å². The molecule has 0 amide bonds. The van der Waals surface area contributed by atoms with E-state index in [4.69, 9.17) is 0 Å². The SMILES string of the molecule is Cc1ccc(N2CCCC(O)C2)c(F)c1. The molecule has 1 aromatic rings. The zero-order valence-corrected chi connectivity index (χ0v) is 8.91. The summed E-state index contributed by atoms with van der Waals surface area (Å²) in [5.74, 6) is -0.191. The van der Waals surface area contributed by atoms with Crippen molar-refractivity contribution in [3.8, 4) is 0 Å². The number of hydrogen-bond donors (Lipinski definition) is 1. The minimum absolute atomic E-state index is 0.191. The van der Waals surface area contributed by atoms with Gasteiger partial charge in [0.25, 0.3) is 0 Å². The maximum atomic E-state index is 13.6. The molecule has 2 rings (SSSR count). The molecule has 15 heavy (non-hydrogen) atoms. The highest BCUT2D eigenvalue weighted by Gasteiger charge is 2.19. The number of aliphatic hydroxyl groups excluding tert-OH is 1. The van der Waals surface area contributed by atoms with Gasteiger partial charge in [-0.05, 0) is 37.5 Å². The third-order valence-corrected chi connectivity index (χ3v) is 2.84. The van der Waals surface area contributed by atoms with Gasteiger partial charge >= 0.3 is 0 Å². The lowest BCUT2D eigenvalue weighted by Crippen LogP contribution is -2.38. The Balaban J connectivity index is 2.21. The summed E-state index contributed by atoms with van der Waals surface area (Å²) < 4.78 is 13.6. The van der Waals surface area contributed by atoms with Crippen molar-refractivity contribution in [1.82, 2.24) is 0 Å². The Morgan fingerprint density at radius 2 is 2.27 bits per heavy atom. The molecule has 1 heterocycles. The van der Waals surface area contributed by atoms with Crippen LogP contribution >= 0.6 is 0 Å². The van der Waals surface area contributed by atoms with Crippen molar-refractivity contribution < 1.29 is 9.50 Å². The van der Waals surface area contributed by atoms with E-state index in [2.05, 4.69) is 0 Å². The van der Waals surface area contributed by atoms with Gasteiger partial charge < -0.3 is 10.0 Å². The molecule has 0 saturated carbocycles. The van der Waals surface area contributed by atoms with E-state index in [9.17, 15) is 9.50 Å². The Morgan fingerprint density at radius 1 is 1.47 bits per heavy atom. The second kappa shape index (κ2) is 4.19. The number of piperidine rings is 1. The van der Waals surface area contributed by atoms with E-state index in [-0.39, 0.29) is 11.9 Å². The molecular formula is C12H16FNO. The largest absolute Gasteiger partial charge is 0.391 e. The fourth-order valence-electron chi connectivity index (χ4n) is 2.04. The lowest BCUT2D eigenvalue weighted by atomic mass is 10.1. The van der Waals surface area contributed by atoms with Crippen molar-refractivity contribution in [2.45, 2.75) is 25.9 Å². The molecule has 1 N–H and O–H groups in total. The van der Waals surface area contributed by atoms with Crippen LogP contribution in [0.5, 0.6) is 0 Å². The molecule has 1 atom stereocenters. The van der Waals surface area contributed by atoms with E-state index in [1.165, 1.54) is 6.07 Å². The van der Waals surface area contributed by atoms with Crippen LogP contribution in [0, 0.1) is 12.7 Å². The lowest BCUT2D eigenvalue weighted by Gasteiger charge is -2.32. The molecular weight excluding hydrogens is 193 g/mol. The van der Waals surface area contributed by atoms with E-state index < -0.39 is 0 Å². The van der Waals surface area contributed by atoms with Gasteiger partial charge in [0.15, 0.2) is 0 Å². The zero-order valence-electron chi connectivity index (χ0n) is 8.91. The zero-order chi connectivity index (χ0) is 10.8. The van der Waals surface area contributed by atoms with Gasteiger partial charge in [-0.3, -0.25) is 0 Å². The van der Waals surface area contributed by atoms with Gasteiger partial charge in [0.1, 0.15) is 5.82 Å². The van der Waals surface area contributed by atoms with Gasteiger partial charge in [-0.15, -0.1) is 0 Å². The summed E-state index contributed by atoms with van der Waals surface area (Å²) >= 11 is 0. The predicted octanol–water partition coefficient (Wildman–Crippen LogP) is 2.10. The Morgan fingerprint density at radius 3 is 2.93 bits per heavy atom. The van der Waals surface area contributed by atoms with Crippen LogP contribution < -0.4 is 4.90 Å². The average Bonchev–Trinajstić information content (AvgIpc) is 2.17. The van der Waals surface area contributed by atoms with Crippen molar-refractivity contribution in [2.24, 2.45) is 0 Å². The van der Waals surface area contributed by atoms with Crippen LogP contribution in [-0.2, 0) is 0 Å². The molecule has 0 spiro atoms. The van der Waals surface area contributed by atoms with Gasteiger partial charge in [-0.1, -0.05) is 6.07 Å². The standard InChI is InChI=1S/C12H16FNO/c1-9-4-5-12(11(13)7-9)14-6-2-3-10(15)8-14/h4-5,7,10,15H,2-3,6,8H2,1H3. The summed E-state index contributed by atoms with van der Waals surface area (Å²) in [5.41, 5.74) is 1.54. The number of hydrogen-bond acceptors (Lipinski definition) is 2. The number of β-amino-alcohol motifs (C(OH)–C–C–N with tert-alkyl or cyclic N) is 1. The normalized spacial score (nSPS) is 21.8. The molecule has 2 nitrogen and oxygen atoms in total. The Kier molecular flexibility index (Phi) is 2.91. The predicted molar refractivity (Wildman–Crippen MR) is 58.6 cm³/mol. The van der Waals surface area contributed by atoms with Crippen LogP contribution in [0.2, 0.25) is 0 Å². The fourth-order valence-corrected chi connectivity index (χ4v) is 2.04. The molecule has 0 aromatic heterocycles. The topological polar surface area (TPSA) is 23.5 Å². The van der Waals surface area contributed by atoms with Crippen LogP contribution in [0.3, 0.4) is 0 Å². The van der Waals surface area contributed by atoms with Gasteiger partial charge in [0, 0.05) is 13.1 Å². The van der Waals surface area contributed by atoms with Crippen LogP contribution in [0.4, 0.5) is 10.1 Å². The number of halogens is 1. The molecule has 1 saturated heterocycles. The highest BCUT2D eigenvalue weighted by atomic mass is 19.1. The molecule has 1 fully saturated rings. The van der Waals surface area contributed by atoms with E-state index >= 15 is 0 Å². The molecule has 1 aliphatic heterocycles. The first-order valence-corrected chi connectivity index (χ1v) is 5.36. The number of benzene rings is 1. The van der Waals surface area contributed by atoms with Crippen LogP contribution in [0.1, 0.15) is 18.4 Å². The van der Waals surface area contributed by atoms with Crippen LogP contribution in [0.15, 0.2) is 18.2 Å². The molecule has 0 radical (unpaired) electrons. The maximum Gasteiger partial charge on any atom is 0.146 e. The van der Waals surface area contributed by atoms with Crippen LogP contribution in [-0.4, -0.2) is 24.3 Å². The molecule has 1 unspecified atom stereocenters. The minimum Gasteiger partial charge on any atom is -0.391 e. The second-order valence-corrected chi connectivity index (χ2v) is 4.20. The van der Waals surface area contributed by atoms with Gasteiger partial charge in [0.05, 0.1) is 11.8 Å². The first-order chi connectivity index (χ1) is 7.16. The van der Waals surface area contributed by atoms with Gasteiger partial charge in [-0.25, -0.2) is 4.39 Å². The monoisotopic (exact) mass is 209 g/mol. The minimum atomic E-state index is -0.320. The summed E-state index contributed by atoms with van der Waals surface area (Å²) in [6, 6.07) is 5.23. The van der Waals surface area contributed by atoms with Crippen LogP contribution in [0.25, 0.3) is 0 Å². The number of aryl methyl sites for hydroxylation is 1. The maximum absolute atomic E-state index is 13.6. The van der Waals surface area contributed by atoms with E-state index in [0.29, 0.717) is 12.2 Å². The van der Waals surface area contributed by atoms with E-state index in [1.54, 1.807) is 6.07 Å². The molecule has 82 valence electrons. The molecule has 3 heteroatoms. The van der Waals surface area contributed by atoms with E-state index in [1.807, 2.05) is 17.9 Å². The van der Waals surface area contributed by atoms with Gasteiger partial charge in [0.2, 0.25) is 0 Å². The smallest absolute Gasteiger partial charge is 0.146 e. The van der Waals surface area contributed by atoms with Crippen molar-refractivity contribution in [3.63, 3.8) is 0 Å². The Hall–Kier alpha value is -1.09. The first kappa shape index (κ1) is 10.4.